The number of hydrogen-bond donors (Lipinski definition) is 1. The molecule has 4 heteroatoms. The van der Waals surface area contributed by atoms with Crippen LogP contribution in [0.25, 0.3) is 11.2 Å². The average Bonchev–Trinajstić information content (AvgIpc) is 2.83. The van der Waals surface area contributed by atoms with Gasteiger partial charge in [-0.3, -0.25) is 0 Å². The monoisotopic (exact) mass is 267 g/mol. The minimum absolute atomic E-state index is 0.610. The molecule has 4 nitrogen and oxygen atoms in total. The van der Waals surface area contributed by atoms with E-state index in [9.17, 15) is 0 Å². The molecular weight excluding hydrogens is 250 g/mol. The van der Waals surface area contributed by atoms with E-state index in [1.54, 1.807) is 0 Å². The summed E-state index contributed by atoms with van der Waals surface area (Å²) < 4.78 is 5.39. The van der Waals surface area contributed by atoms with Gasteiger partial charge in [-0.2, -0.15) is 4.98 Å². The third-order valence-electron chi connectivity index (χ3n) is 3.15. The molecule has 20 heavy (non-hydrogen) atoms. The van der Waals surface area contributed by atoms with E-state index < -0.39 is 0 Å². The minimum atomic E-state index is 0.610. The molecule has 1 N–H and O–H groups in total. The zero-order valence-corrected chi connectivity index (χ0v) is 11.7. The van der Waals surface area contributed by atoms with Crippen LogP contribution in [0.5, 0.6) is 5.88 Å². The number of aromatic nitrogens is 3. The Morgan fingerprint density at radius 1 is 1.05 bits per heavy atom. The first-order valence-electron chi connectivity index (χ1n) is 6.78. The number of aromatic amines is 1. The normalized spacial score (nSPS) is 10.9. The van der Waals surface area contributed by atoms with Gasteiger partial charge in [0, 0.05) is 12.5 Å². The lowest BCUT2D eigenvalue weighted by Crippen LogP contribution is -1.93. The number of H-pyrrole nitrogens is 1. The SMILES string of the molecule is CCOc1ccc2[nH]c(Cc3ccc(C)cc3)nc2n1. The van der Waals surface area contributed by atoms with Crippen LogP contribution in [0, 0.1) is 6.92 Å². The van der Waals surface area contributed by atoms with Crippen LogP contribution in [0.2, 0.25) is 0 Å². The Balaban J connectivity index is 1.86. The van der Waals surface area contributed by atoms with Crippen molar-refractivity contribution in [2.45, 2.75) is 20.3 Å². The maximum Gasteiger partial charge on any atom is 0.215 e. The minimum Gasteiger partial charge on any atom is -0.478 e. The van der Waals surface area contributed by atoms with Gasteiger partial charge in [0.25, 0.3) is 0 Å². The number of nitrogens with one attached hydrogen (secondary N) is 1. The topological polar surface area (TPSA) is 50.8 Å². The predicted octanol–water partition coefficient (Wildman–Crippen LogP) is 3.26. The number of imidazole rings is 1. The first kappa shape index (κ1) is 12.7. The second-order valence-corrected chi connectivity index (χ2v) is 4.80. The van der Waals surface area contributed by atoms with E-state index in [0.29, 0.717) is 18.1 Å². The fourth-order valence-corrected chi connectivity index (χ4v) is 2.14. The van der Waals surface area contributed by atoms with Gasteiger partial charge in [0.05, 0.1) is 12.1 Å². The number of nitrogens with zero attached hydrogens (tertiary/aromatic N) is 2. The van der Waals surface area contributed by atoms with E-state index >= 15 is 0 Å². The lowest BCUT2D eigenvalue weighted by Gasteiger charge is -1.99. The summed E-state index contributed by atoms with van der Waals surface area (Å²) in [6.07, 6.45) is 0.778. The molecule has 0 bridgehead atoms. The van der Waals surface area contributed by atoms with Gasteiger partial charge in [-0.05, 0) is 25.5 Å². The number of rotatable bonds is 4. The van der Waals surface area contributed by atoms with Crippen LogP contribution in [0.4, 0.5) is 0 Å². The molecule has 0 aliphatic rings. The molecule has 0 radical (unpaired) electrons. The van der Waals surface area contributed by atoms with E-state index in [2.05, 4.69) is 46.1 Å². The van der Waals surface area contributed by atoms with E-state index in [0.717, 1.165) is 17.8 Å². The molecule has 0 spiro atoms. The van der Waals surface area contributed by atoms with Gasteiger partial charge in [0.2, 0.25) is 5.88 Å². The highest BCUT2D eigenvalue weighted by atomic mass is 16.5. The Morgan fingerprint density at radius 3 is 2.60 bits per heavy atom. The quantitative estimate of drug-likeness (QED) is 0.789. The van der Waals surface area contributed by atoms with Gasteiger partial charge in [-0.1, -0.05) is 29.8 Å². The molecule has 3 aromatic rings. The number of pyridine rings is 1. The molecule has 3 rings (SSSR count). The van der Waals surface area contributed by atoms with Crippen molar-refractivity contribution in [2.24, 2.45) is 0 Å². The van der Waals surface area contributed by atoms with Gasteiger partial charge >= 0.3 is 0 Å². The summed E-state index contributed by atoms with van der Waals surface area (Å²) in [5, 5.41) is 0. The van der Waals surface area contributed by atoms with Crippen molar-refractivity contribution >= 4 is 11.2 Å². The van der Waals surface area contributed by atoms with E-state index in [1.807, 2.05) is 19.1 Å². The Hall–Kier alpha value is -2.36. The summed E-state index contributed by atoms with van der Waals surface area (Å²) >= 11 is 0. The van der Waals surface area contributed by atoms with Gasteiger partial charge in [-0.15, -0.1) is 0 Å². The van der Waals surface area contributed by atoms with Crippen LogP contribution >= 0.6 is 0 Å². The zero-order valence-electron chi connectivity index (χ0n) is 11.7. The molecule has 0 atom stereocenters. The summed E-state index contributed by atoms with van der Waals surface area (Å²) in [6, 6.07) is 12.3. The molecule has 0 saturated heterocycles. The van der Waals surface area contributed by atoms with Gasteiger partial charge in [-0.25, -0.2) is 4.98 Å². The number of hydrogen-bond acceptors (Lipinski definition) is 3. The number of aryl methyl sites for hydroxylation is 1. The van der Waals surface area contributed by atoms with E-state index in [-0.39, 0.29) is 0 Å². The molecule has 0 unspecified atom stereocenters. The maximum atomic E-state index is 5.39. The van der Waals surface area contributed by atoms with Crippen molar-refractivity contribution in [2.75, 3.05) is 6.61 Å². The zero-order chi connectivity index (χ0) is 13.9. The number of ether oxygens (including phenoxy) is 1. The third kappa shape index (κ3) is 2.64. The molecule has 0 aliphatic carbocycles. The lowest BCUT2D eigenvalue weighted by atomic mass is 10.1. The molecule has 0 aliphatic heterocycles. The van der Waals surface area contributed by atoms with E-state index in [4.69, 9.17) is 4.74 Å². The molecule has 102 valence electrons. The van der Waals surface area contributed by atoms with Crippen molar-refractivity contribution in [3.8, 4) is 5.88 Å². The number of fused-ring (bicyclic) bond motifs is 1. The van der Waals surface area contributed by atoms with Crippen molar-refractivity contribution in [1.29, 1.82) is 0 Å². The van der Waals surface area contributed by atoms with Gasteiger partial charge < -0.3 is 9.72 Å². The summed E-state index contributed by atoms with van der Waals surface area (Å²) in [4.78, 5) is 12.2. The largest absolute Gasteiger partial charge is 0.478 e. The molecule has 1 aromatic carbocycles. The summed E-state index contributed by atoms with van der Waals surface area (Å²) in [7, 11) is 0. The molecule has 0 amide bonds. The van der Waals surface area contributed by atoms with Crippen LogP contribution in [0.15, 0.2) is 36.4 Å². The maximum absolute atomic E-state index is 5.39. The highest BCUT2D eigenvalue weighted by Crippen LogP contribution is 2.16. The van der Waals surface area contributed by atoms with Crippen LogP contribution in [0.3, 0.4) is 0 Å². The smallest absolute Gasteiger partial charge is 0.215 e. The Labute approximate surface area is 117 Å². The summed E-state index contributed by atoms with van der Waals surface area (Å²) in [5.74, 6) is 1.54. The molecule has 2 aromatic heterocycles. The fourth-order valence-electron chi connectivity index (χ4n) is 2.14. The third-order valence-corrected chi connectivity index (χ3v) is 3.15. The first-order valence-corrected chi connectivity index (χ1v) is 6.78. The Kier molecular flexibility index (Phi) is 3.37. The van der Waals surface area contributed by atoms with E-state index in [1.165, 1.54) is 11.1 Å². The van der Waals surface area contributed by atoms with Gasteiger partial charge in [0.15, 0.2) is 5.65 Å². The first-order chi connectivity index (χ1) is 9.74. The van der Waals surface area contributed by atoms with Crippen LogP contribution in [-0.4, -0.2) is 21.6 Å². The second-order valence-electron chi connectivity index (χ2n) is 4.80. The van der Waals surface area contributed by atoms with Crippen LogP contribution in [-0.2, 0) is 6.42 Å². The highest BCUT2D eigenvalue weighted by molar-refractivity contribution is 5.71. The highest BCUT2D eigenvalue weighted by Gasteiger charge is 2.06. The average molecular weight is 267 g/mol. The van der Waals surface area contributed by atoms with Crippen molar-refractivity contribution in [3.05, 3.63) is 53.3 Å². The van der Waals surface area contributed by atoms with Gasteiger partial charge in [0.1, 0.15) is 5.82 Å². The molecular formula is C16H17N3O. The van der Waals surface area contributed by atoms with Crippen molar-refractivity contribution < 1.29 is 4.74 Å². The molecule has 2 heterocycles. The van der Waals surface area contributed by atoms with Crippen LogP contribution < -0.4 is 4.74 Å². The second kappa shape index (κ2) is 5.33. The standard InChI is InChI=1S/C16H17N3O/c1-3-20-15-9-8-13-16(19-15)18-14(17-13)10-12-6-4-11(2)5-7-12/h4-9H,3,10H2,1-2H3,(H,17,18,19). The molecule has 0 saturated carbocycles. The number of benzene rings is 1. The van der Waals surface area contributed by atoms with Crippen molar-refractivity contribution in [1.82, 2.24) is 15.0 Å². The Bertz CT molecular complexity index is 716. The Morgan fingerprint density at radius 2 is 1.85 bits per heavy atom. The summed E-state index contributed by atoms with van der Waals surface area (Å²) in [5.41, 5.74) is 4.15. The predicted molar refractivity (Wildman–Crippen MR) is 79.0 cm³/mol. The molecule has 0 fully saturated rings. The fraction of sp³-hybridized carbons (Fsp3) is 0.250. The lowest BCUT2D eigenvalue weighted by molar-refractivity contribution is 0.328. The van der Waals surface area contributed by atoms with Crippen LogP contribution in [0.1, 0.15) is 23.9 Å². The summed E-state index contributed by atoms with van der Waals surface area (Å²) in [6.45, 7) is 4.64. The van der Waals surface area contributed by atoms with Crippen molar-refractivity contribution in [3.63, 3.8) is 0 Å².